The van der Waals surface area contributed by atoms with E-state index in [-0.39, 0.29) is 6.04 Å². The molecular weight excluding hydrogens is 498 g/mol. The lowest BCUT2D eigenvalue weighted by molar-refractivity contribution is 0.0982. The summed E-state index contributed by atoms with van der Waals surface area (Å²) < 4.78 is 25.4. The number of sulfonamides is 1. The average Bonchev–Trinajstić information content (AvgIpc) is 2.91. The van der Waals surface area contributed by atoms with Crippen LogP contribution >= 0.6 is 0 Å². The summed E-state index contributed by atoms with van der Waals surface area (Å²) in [6.07, 6.45) is 6.85. The van der Waals surface area contributed by atoms with Gasteiger partial charge in [-0.25, -0.2) is 13.1 Å². The predicted octanol–water partition coefficient (Wildman–Crippen LogP) is 4.65. The molecule has 0 aliphatic heterocycles. The van der Waals surface area contributed by atoms with Crippen LogP contribution in [-0.2, 0) is 16.4 Å². The molecule has 38 heavy (non-hydrogen) atoms. The smallest absolute Gasteiger partial charge is 0.266 e. The van der Waals surface area contributed by atoms with Crippen molar-refractivity contribution in [1.29, 1.82) is 0 Å². The van der Waals surface area contributed by atoms with Gasteiger partial charge in [0.15, 0.2) is 0 Å². The van der Waals surface area contributed by atoms with Gasteiger partial charge in [-0.3, -0.25) is 4.79 Å². The van der Waals surface area contributed by atoms with Crippen LogP contribution < -0.4 is 15.4 Å². The zero-order valence-corrected chi connectivity index (χ0v) is 22.6. The molecule has 1 aliphatic carbocycles. The first kappa shape index (κ1) is 27.8. The Bertz CT molecular complexity index is 1310. The number of rotatable bonds is 11. The van der Waals surface area contributed by atoms with E-state index in [0.29, 0.717) is 17.8 Å². The fourth-order valence-electron chi connectivity index (χ4n) is 4.86. The average molecular weight is 536 g/mol. The minimum Gasteiger partial charge on any atom is -0.387 e. The Balaban J connectivity index is 1.41. The largest absolute Gasteiger partial charge is 0.387 e. The molecule has 7 nitrogen and oxygen atoms in total. The topological polar surface area (TPSA) is 108 Å². The van der Waals surface area contributed by atoms with Gasteiger partial charge in [0.25, 0.3) is 5.91 Å². The summed E-state index contributed by atoms with van der Waals surface area (Å²) in [4.78, 5) is 12.7. The number of carbonyl (C=O) groups excluding carboxylic acids is 1. The molecule has 3 aromatic rings. The molecule has 0 spiro atoms. The Morgan fingerprint density at radius 1 is 0.947 bits per heavy atom. The first-order valence-electron chi connectivity index (χ1n) is 13.2. The maximum Gasteiger partial charge on any atom is 0.266 e. The number of benzene rings is 3. The monoisotopic (exact) mass is 535 g/mol. The van der Waals surface area contributed by atoms with Crippen molar-refractivity contribution in [2.24, 2.45) is 0 Å². The van der Waals surface area contributed by atoms with Crippen molar-refractivity contribution in [3.05, 3.63) is 89.5 Å². The predicted molar refractivity (Wildman–Crippen MR) is 153 cm³/mol. The number of aliphatic hydroxyl groups excluding tert-OH is 1. The molecule has 0 saturated heterocycles. The van der Waals surface area contributed by atoms with E-state index in [2.05, 4.69) is 39.6 Å². The van der Waals surface area contributed by atoms with Gasteiger partial charge >= 0.3 is 0 Å². The third-order valence-electron chi connectivity index (χ3n) is 6.91. The van der Waals surface area contributed by atoms with Crippen LogP contribution in [0.15, 0.2) is 72.8 Å². The minimum absolute atomic E-state index is 0.263. The Labute approximate surface area is 225 Å². The zero-order chi connectivity index (χ0) is 27.0. The van der Waals surface area contributed by atoms with E-state index in [1.54, 1.807) is 6.07 Å². The molecule has 1 saturated carbocycles. The standard InChI is InChI=1S/C30H37N3O4S/c1-38(36,37)33-30(35)27-17-16-25(20-28(27)32-26-10-6-3-7-11-26)23-14-12-22(13-15-23)18-19-31-21-29(34)24-8-4-2-5-9-24/h2,4-5,8-9,12-17,20,26,29,31-32,34H,3,6-7,10-11,18-19,21H2,1H3,(H,33,35)/t29-/m1/s1. The fourth-order valence-corrected chi connectivity index (χ4v) is 5.31. The van der Waals surface area contributed by atoms with Gasteiger partial charge in [0.2, 0.25) is 10.0 Å². The molecule has 0 aromatic heterocycles. The van der Waals surface area contributed by atoms with Crippen molar-refractivity contribution in [3.63, 3.8) is 0 Å². The van der Waals surface area contributed by atoms with E-state index in [4.69, 9.17) is 0 Å². The highest BCUT2D eigenvalue weighted by Gasteiger charge is 2.20. The minimum atomic E-state index is -3.66. The van der Waals surface area contributed by atoms with E-state index in [1.807, 2.05) is 42.5 Å². The van der Waals surface area contributed by atoms with Crippen LogP contribution in [0.25, 0.3) is 11.1 Å². The summed E-state index contributed by atoms with van der Waals surface area (Å²) in [6, 6.07) is 23.7. The molecule has 202 valence electrons. The molecule has 1 aliphatic rings. The second kappa shape index (κ2) is 13.0. The number of hydrogen-bond donors (Lipinski definition) is 4. The molecule has 0 heterocycles. The number of nitrogens with one attached hydrogen (secondary N) is 3. The molecular formula is C30H37N3O4S. The third kappa shape index (κ3) is 8.15. The SMILES string of the molecule is CS(=O)(=O)NC(=O)c1ccc(-c2ccc(CCNC[C@@H](O)c3ccccc3)cc2)cc1NC1CCCCC1. The van der Waals surface area contributed by atoms with Crippen LogP contribution in [0.4, 0.5) is 5.69 Å². The molecule has 4 rings (SSSR count). The van der Waals surface area contributed by atoms with Gasteiger partial charge in [0.1, 0.15) is 0 Å². The van der Waals surface area contributed by atoms with Crippen LogP contribution in [0.5, 0.6) is 0 Å². The lowest BCUT2D eigenvalue weighted by atomic mass is 9.94. The summed E-state index contributed by atoms with van der Waals surface area (Å²) in [5.41, 5.74) is 5.03. The number of aliphatic hydroxyl groups is 1. The summed E-state index contributed by atoms with van der Waals surface area (Å²) in [6.45, 7) is 1.25. The van der Waals surface area contributed by atoms with Crippen molar-refractivity contribution in [2.75, 3.05) is 24.7 Å². The van der Waals surface area contributed by atoms with Crippen LogP contribution in [0.1, 0.15) is 59.7 Å². The van der Waals surface area contributed by atoms with Crippen LogP contribution in [0.3, 0.4) is 0 Å². The van der Waals surface area contributed by atoms with Gasteiger partial charge < -0.3 is 15.7 Å². The molecule has 3 aromatic carbocycles. The van der Waals surface area contributed by atoms with Crippen LogP contribution in [-0.4, -0.2) is 44.8 Å². The molecule has 1 fully saturated rings. The number of carbonyl (C=O) groups is 1. The van der Waals surface area contributed by atoms with E-state index < -0.39 is 22.0 Å². The number of hydrogen-bond acceptors (Lipinski definition) is 6. The summed E-state index contributed by atoms with van der Waals surface area (Å²) >= 11 is 0. The summed E-state index contributed by atoms with van der Waals surface area (Å²) in [5, 5.41) is 17.1. The van der Waals surface area contributed by atoms with E-state index in [1.165, 1.54) is 12.0 Å². The lowest BCUT2D eigenvalue weighted by Crippen LogP contribution is -2.31. The maximum atomic E-state index is 12.7. The second-order valence-electron chi connectivity index (χ2n) is 10.0. The zero-order valence-electron chi connectivity index (χ0n) is 21.8. The highest BCUT2D eigenvalue weighted by Crippen LogP contribution is 2.29. The van der Waals surface area contributed by atoms with Gasteiger partial charge in [-0.2, -0.15) is 0 Å². The third-order valence-corrected chi connectivity index (χ3v) is 7.46. The molecule has 0 unspecified atom stereocenters. The van der Waals surface area contributed by atoms with Gasteiger partial charge in [0.05, 0.1) is 17.9 Å². The summed E-state index contributed by atoms with van der Waals surface area (Å²) in [7, 11) is -3.66. The van der Waals surface area contributed by atoms with Crippen molar-refractivity contribution in [2.45, 2.75) is 50.7 Å². The highest BCUT2D eigenvalue weighted by molar-refractivity contribution is 7.89. The Hall–Kier alpha value is -3.20. The van der Waals surface area contributed by atoms with Crippen LogP contribution in [0, 0.1) is 0 Å². The Morgan fingerprint density at radius 3 is 2.32 bits per heavy atom. The molecule has 4 N–H and O–H groups in total. The summed E-state index contributed by atoms with van der Waals surface area (Å²) in [5.74, 6) is -0.627. The van der Waals surface area contributed by atoms with E-state index in [0.717, 1.165) is 61.6 Å². The van der Waals surface area contributed by atoms with E-state index >= 15 is 0 Å². The molecule has 0 bridgehead atoms. The van der Waals surface area contributed by atoms with Crippen molar-refractivity contribution in [1.82, 2.24) is 10.0 Å². The molecule has 1 atom stereocenters. The van der Waals surface area contributed by atoms with Gasteiger partial charge in [-0.15, -0.1) is 0 Å². The van der Waals surface area contributed by atoms with Crippen molar-refractivity contribution >= 4 is 21.6 Å². The maximum absolute atomic E-state index is 12.7. The first-order chi connectivity index (χ1) is 18.3. The van der Waals surface area contributed by atoms with Gasteiger partial charge in [0, 0.05) is 18.3 Å². The quantitative estimate of drug-likeness (QED) is 0.266. The molecule has 0 radical (unpaired) electrons. The number of anilines is 1. The highest BCUT2D eigenvalue weighted by atomic mass is 32.2. The van der Waals surface area contributed by atoms with Crippen molar-refractivity contribution < 1.29 is 18.3 Å². The van der Waals surface area contributed by atoms with Gasteiger partial charge in [-0.05, 0) is 60.2 Å². The molecule has 1 amide bonds. The van der Waals surface area contributed by atoms with Gasteiger partial charge in [-0.1, -0.05) is 79.9 Å². The first-order valence-corrected chi connectivity index (χ1v) is 15.1. The fraction of sp³-hybridized carbons (Fsp3) is 0.367. The lowest BCUT2D eigenvalue weighted by Gasteiger charge is -2.25. The number of amides is 1. The Morgan fingerprint density at radius 2 is 1.63 bits per heavy atom. The van der Waals surface area contributed by atoms with Crippen molar-refractivity contribution in [3.8, 4) is 11.1 Å². The Kier molecular flexibility index (Phi) is 9.55. The normalized spacial score (nSPS) is 15.1. The second-order valence-corrected chi connectivity index (χ2v) is 11.8. The molecule has 8 heteroatoms. The van der Waals surface area contributed by atoms with E-state index in [9.17, 15) is 18.3 Å². The van der Waals surface area contributed by atoms with Crippen LogP contribution in [0.2, 0.25) is 0 Å².